The summed E-state index contributed by atoms with van der Waals surface area (Å²) in [6.45, 7) is 5.66. The Morgan fingerprint density at radius 3 is 2.75 bits per heavy atom. The highest BCUT2D eigenvalue weighted by Gasteiger charge is 2.12. The molecule has 0 spiro atoms. The number of thioether (sulfide) groups is 1. The first kappa shape index (κ1) is 20.8. The monoisotopic (exact) mass is 461 g/mol. The molecule has 2 heterocycles. The highest BCUT2D eigenvalue weighted by Crippen LogP contribution is 2.33. The molecule has 7 heteroatoms. The van der Waals surface area contributed by atoms with Crippen molar-refractivity contribution in [2.24, 2.45) is 0 Å². The zero-order chi connectivity index (χ0) is 22.1. The van der Waals surface area contributed by atoms with Gasteiger partial charge in [-0.05, 0) is 56.3 Å². The summed E-state index contributed by atoms with van der Waals surface area (Å²) in [6, 6.07) is 20.4. The van der Waals surface area contributed by atoms with Gasteiger partial charge in [-0.3, -0.25) is 4.79 Å². The zero-order valence-corrected chi connectivity index (χ0v) is 19.6. The number of rotatable bonds is 7. The molecule has 0 atom stereocenters. The summed E-state index contributed by atoms with van der Waals surface area (Å²) < 4.78 is 9.81. The highest BCUT2D eigenvalue weighted by atomic mass is 32.2. The molecule has 0 aliphatic rings. The molecule has 0 aliphatic heterocycles. The molecular weight excluding hydrogens is 438 g/mol. The number of anilines is 1. The second-order valence-electron chi connectivity index (χ2n) is 7.37. The summed E-state index contributed by atoms with van der Waals surface area (Å²) in [6.07, 6.45) is 0. The fraction of sp³-hybridized carbons (Fsp3) is 0.200. The number of nitrogens with one attached hydrogen (secondary N) is 1. The number of fused-ring (bicyclic) bond motifs is 4. The van der Waals surface area contributed by atoms with Crippen molar-refractivity contribution >= 4 is 66.7 Å². The van der Waals surface area contributed by atoms with Crippen molar-refractivity contribution in [1.29, 1.82) is 0 Å². The molecular formula is C25H23N3O2S2. The lowest BCUT2D eigenvalue weighted by Gasteiger charge is -2.06. The minimum Gasteiger partial charge on any atom is -0.494 e. The standard InChI is InChI=1S/C25H23N3O2S2/c1-3-28-21-8-6-5-7-18(21)19-13-16(9-12-22(19)28)26-24(29)15-31-25-27-20-11-10-17(30-4-2)14-23(20)32-25/h5-14H,3-4,15H2,1-2H3,(H,26,29). The highest BCUT2D eigenvalue weighted by molar-refractivity contribution is 8.01. The number of para-hydroxylation sites is 1. The van der Waals surface area contributed by atoms with Crippen molar-refractivity contribution < 1.29 is 9.53 Å². The summed E-state index contributed by atoms with van der Waals surface area (Å²) in [5, 5.41) is 5.40. The van der Waals surface area contributed by atoms with E-state index in [1.807, 2.05) is 31.2 Å². The van der Waals surface area contributed by atoms with Crippen LogP contribution < -0.4 is 10.1 Å². The summed E-state index contributed by atoms with van der Waals surface area (Å²) in [5.41, 5.74) is 4.14. The van der Waals surface area contributed by atoms with Crippen molar-refractivity contribution in [3.63, 3.8) is 0 Å². The Labute approximate surface area is 194 Å². The molecule has 0 fully saturated rings. The van der Waals surface area contributed by atoms with Gasteiger partial charge in [-0.25, -0.2) is 4.98 Å². The molecule has 1 N–H and O–H groups in total. The number of aromatic nitrogens is 2. The van der Waals surface area contributed by atoms with Gasteiger partial charge in [0.1, 0.15) is 5.75 Å². The molecule has 5 nitrogen and oxygen atoms in total. The molecule has 2 aromatic heterocycles. The van der Waals surface area contributed by atoms with E-state index >= 15 is 0 Å². The third-order valence-electron chi connectivity index (χ3n) is 5.35. The Hall–Kier alpha value is -3.03. The van der Waals surface area contributed by atoms with Gasteiger partial charge < -0.3 is 14.6 Å². The average Bonchev–Trinajstić information content (AvgIpc) is 3.35. The SMILES string of the molecule is CCOc1ccc2nc(SCC(=O)Nc3ccc4c(c3)c3ccccc3n4CC)sc2c1. The van der Waals surface area contributed by atoms with Crippen LogP contribution in [0.25, 0.3) is 32.0 Å². The van der Waals surface area contributed by atoms with Crippen LogP contribution in [0.5, 0.6) is 5.75 Å². The molecule has 3 aromatic carbocycles. The Bertz CT molecular complexity index is 1440. The number of nitrogens with zero attached hydrogens (tertiary/aromatic N) is 2. The van der Waals surface area contributed by atoms with E-state index in [0.29, 0.717) is 12.4 Å². The van der Waals surface area contributed by atoms with E-state index < -0.39 is 0 Å². The van der Waals surface area contributed by atoms with Crippen LogP contribution in [0, 0.1) is 0 Å². The van der Waals surface area contributed by atoms with Gasteiger partial charge in [-0.15, -0.1) is 11.3 Å². The van der Waals surface area contributed by atoms with Crippen LogP contribution in [0.1, 0.15) is 13.8 Å². The first-order valence-electron chi connectivity index (χ1n) is 10.6. The normalized spacial score (nSPS) is 11.4. The third kappa shape index (κ3) is 3.94. The van der Waals surface area contributed by atoms with E-state index in [4.69, 9.17) is 4.74 Å². The number of hydrogen-bond acceptors (Lipinski definition) is 5. The minimum absolute atomic E-state index is 0.0390. The van der Waals surface area contributed by atoms with Gasteiger partial charge in [0, 0.05) is 34.0 Å². The molecule has 1 amide bonds. The lowest BCUT2D eigenvalue weighted by atomic mass is 10.1. The molecule has 0 unspecified atom stereocenters. The zero-order valence-electron chi connectivity index (χ0n) is 17.9. The molecule has 32 heavy (non-hydrogen) atoms. The number of hydrogen-bond donors (Lipinski definition) is 1. The summed E-state index contributed by atoms with van der Waals surface area (Å²) in [5.74, 6) is 1.12. The second kappa shape index (κ2) is 8.84. The van der Waals surface area contributed by atoms with Crippen molar-refractivity contribution in [2.75, 3.05) is 17.7 Å². The van der Waals surface area contributed by atoms with Crippen LogP contribution in [0.2, 0.25) is 0 Å². The maximum absolute atomic E-state index is 12.6. The predicted octanol–water partition coefficient (Wildman–Crippen LogP) is 6.55. The van der Waals surface area contributed by atoms with Crippen LogP contribution in [-0.4, -0.2) is 27.8 Å². The van der Waals surface area contributed by atoms with E-state index in [2.05, 4.69) is 58.2 Å². The van der Waals surface area contributed by atoms with E-state index in [1.54, 1.807) is 11.3 Å². The molecule has 0 bridgehead atoms. The molecule has 0 radical (unpaired) electrons. The van der Waals surface area contributed by atoms with Gasteiger partial charge in [0.25, 0.3) is 0 Å². The first-order chi connectivity index (χ1) is 15.7. The Balaban J connectivity index is 1.31. The van der Waals surface area contributed by atoms with Gasteiger partial charge in [0.05, 0.1) is 22.6 Å². The lowest BCUT2D eigenvalue weighted by Crippen LogP contribution is -2.13. The number of thiazole rings is 1. The largest absolute Gasteiger partial charge is 0.494 e. The van der Waals surface area contributed by atoms with Crippen LogP contribution in [0.15, 0.2) is 65.0 Å². The molecule has 162 valence electrons. The summed E-state index contributed by atoms with van der Waals surface area (Å²) >= 11 is 3.04. The predicted molar refractivity (Wildman–Crippen MR) is 135 cm³/mol. The van der Waals surface area contributed by atoms with Crippen LogP contribution >= 0.6 is 23.1 Å². The molecule has 5 aromatic rings. The summed E-state index contributed by atoms with van der Waals surface area (Å²) in [7, 11) is 0. The fourth-order valence-corrected chi connectivity index (χ4v) is 5.90. The van der Waals surface area contributed by atoms with Gasteiger partial charge >= 0.3 is 0 Å². The fourth-order valence-electron chi connectivity index (χ4n) is 4.00. The average molecular weight is 462 g/mol. The van der Waals surface area contributed by atoms with Crippen molar-refractivity contribution in [3.05, 3.63) is 60.7 Å². The number of ether oxygens (including phenoxy) is 1. The van der Waals surface area contributed by atoms with Gasteiger partial charge in [0.15, 0.2) is 4.34 Å². The second-order valence-corrected chi connectivity index (χ2v) is 9.63. The van der Waals surface area contributed by atoms with Crippen molar-refractivity contribution in [1.82, 2.24) is 9.55 Å². The quantitative estimate of drug-likeness (QED) is 0.279. The van der Waals surface area contributed by atoms with E-state index in [9.17, 15) is 4.79 Å². The minimum atomic E-state index is -0.0390. The van der Waals surface area contributed by atoms with Crippen LogP contribution in [0.4, 0.5) is 5.69 Å². The smallest absolute Gasteiger partial charge is 0.234 e. The molecule has 5 rings (SSSR count). The van der Waals surface area contributed by atoms with E-state index in [1.165, 1.54) is 28.2 Å². The van der Waals surface area contributed by atoms with Crippen molar-refractivity contribution in [3.8, 4) is 5.75 Å². The molecule has 0 saturated heterocycles. The van der Waals surface area contributed by atoms with E-state index in [0.717, 1.165) is 37.9 Å². The Morgan fingerprint density at radius 2 is 1.91 bits per heavy atom. The number of benzene rings is 3. The van der Waals surface area contributed by atoms with Crippen molar-refractivity contribution in [2.45, 2.75) is 24.7 Å². The van der Waals surface area contributed by atoms with Crippen LogP contribution in [0.3, 0.4) is 0 Å². The molecule has 0 saturated carbocycles. The van der Waals surface area contributed by atoms with Gasteiger partial charge in [-0.1, -0.05) is 30.0 Å². The van der Waals surface area contributed by atoms with Gasteiger partial charge in [-0.2, -0.15) is 0 Å². The van der Waals surface area contributed by atoms with Gasteiger partial charge in [0.2, 0.25) is 5.91 Å². The Kier molecular flexibility index (Phi) is 5.76. The number of aryl methyl sites for hydroxylation is 1. The van der Waals surface area contributed by atoms with E-state index in [-0.39, 0.29) is 5.91 Å². The number of amides is 1. The number of carbonyl (C=O) groups excluding carboxylic acids is 1. The maximum atomic E-state index is 12.6. The number of carbonyl (C=O) groups is 1. The maximum Gasteiger partial charge on any atom is 0.234 e. The van der Waals surface area contributed by atoms with Crippen LogP contribution in [-0.2, 0) is 11.3 Å². The first-order valence-corrected chi connectivity index (χ1v) is 12.4. The lowest BCUT2D eigenvalue weighted by molar-refractivity contribution is -0.113. The third-order valence-corrected chi connectivity index (χ3v) is 7.51. The topological polar surface area (TPSA) is 56.1 Å². The Morgan fingerprint density at radius 1 is 1.06 bits per heavy atom. The molecule has 0 aliphatic carbocycles. The summed E-state index contributed by atoms with van der Waals surface area (Å²) in [4.78, 5) is 17.2.